The first kappa shape index (κ1) is 17.6. The molecule has 0 bridgehead atoms. The molecule has 1 aliphatic heterocycles. The Labute approximate surface area is 170 Å². The summed E-state index contributed by atoms with van der Waals surface area (Å²) in [5.41, 5.74) is 5.42. The number of carbonyl (C=O) groups excluding carboxylic acids is 1. The maximum absolute atomic E-state index is 13.5. The van der Waals surface area contributed by atoms with E-state index in [2.05, 4.69) is 58.4 Å². The molecule has 3 aromatic rings. The minimum absolute atomic E-state index is 0.139. The Hall–Kier alpha value is -2.46. The van der Waals surface area contributed by atoms with Gasteiger partial charge in [-0.1, -0.05) is 48.5 Å². The Morgan fingerprint density at radius 2 is 1.71 bits per heavy atom. The Balaban J connectivity index is 1.48. The molecule has 1 amide bonds. The van der Waals surface area contributed by atoms with Gasteiger partial charge in [0.2, 0.25) is 5.91 Å². The van der Waals surface area contributed by atoms with E-state index >= 15 is 0 Å². The monoisotopic (exact) mass is 388 g/mol. The van der Waals surface area contributed by atoms with Crippen molar-refractivity contribution in [2.45, 2.75) is 44.1 Å². The van der Waals surface area contributed by atoms with Crippen LogP contribution in [-0.4, -0.2) is 22.3 Å². The van der Waals surface area contributed by atoms with Crippen LogP contribution < -0.4 is 0 Å². The Morgan fingerprint density at radius 1 is 1.04 bits per heavy atom. The highest BCUT2D eigenvalue weighted by atomic mass is 32.1. The van der Waals surface area contributed by atoms with Crippen molar-refractivity contribution in [3.63, 3.8) is 0 Å². The van der Waals surface area contributed by atoms with Crippen LogP contribution in [-0.2, 0) is 17.6 Å². The molecule has 2 heterocycles. The average molecular weight is 389 g/mol. The van der Waals surface area contributed by atoms with Gasteiger partial charge in [0.05, 0.1) is 6.04 Å². The minimum atomic E-state index is 0.139. The van der Waals surface area contributed by atoms with Crippen molar-refractivity contribution >= 4 is 17.2 Å². The predicted molar refractivity (Wildman–Crippen MR) is 113 cm³/mol. The zero-order valence-electron chi connectivity index (χ0n) is 15.9. The number of fused-ring (bicyclic) bond motifs is 2. The number of thiazole rings is 1. The first-order chi connectivity index (χ1) is 13.8. The number of amides is 1. The standard InChI is InChI=1S/C24H24N2OS/c27-23(26-14-5-10-22(26)24-25-13-15-28-24)16-21-19-8-3-1-6-17(19)11-12-18-7-2-4-9-20(18)21/h1-4,6-9,13,15,21-22H,5,10-12,14,16H2/t22-/m0/s1. The molecule has 0 saturated carbocycles. The molecule has 1 aliphatic carbocycles. The number of aromatic nitrogens is 1. The molecule has 4 heteroatoms. The van der Waals surface area contributed by atoms with Crippen LogP contribution in [0.5, 0.6) is 0 Å². The highest BCUT2D eigenvalue weighted by Crippen LogP contribution is 2.39. The van der Waals surface area contributed by atoms with E-state index in [0.29, 0.717) is 6.42 Å². The molecule has 3 nitrogen and oxygen atoms in total. The molecule has 0 unspecified atom stereocenters. The van der Waals surface area contributed by atoms with Gasteiger partial charge < -0.3 is 4.90 Å². The van der Waals surface area contributed by atoms with E-state index in [9.17, 15) is 4.79 Å². The Bertz CT molecular complexity index is 934. The number of hydrogen-bond donors (Lipinski definition) is 0. The summed E-state index contributed by atoms with van der Waals surface area (Å²) in [5.74, 6) is 0.397. The number of carbonyl (C=O) groups is 1. The van der Waals surface area contributed by atoms with Gasteiger partial charge in [0, 0.05) is 30.5 Å². The van der Waals surface area contributed by atoms with E-state index in [1.807, 2.05) is 11.6 Å². The SMILES string of the molecule is O=C(CC1c2ccccc2CCc2ccccc21)N1CCC[C@H]1c1nccs1. The Morgan fingerprint density at radius 3 is 2.36 bits per heavy atom. The van der Waals surface area contributed by atoms with Crippen molar-refractivity contribution in [1.29, 1.82) is 0 Å². The number of aryl methyl sites for hydroxylation is 2. The minimum Gasteiger partial charge on any atom is -0.333 e. The highest BCUT2D eigenvalue weighted by Gasteiger charge is 2.34. The molecule has 2 aliphatic rings. The summed E-state index contributed by atoms with van der Waals surface area (Å²) in [4.78, 5) is 20.0. The smallest absolute Gasteiger partial charge is 0.224 e. The summed E-state index contributed by atoms with van der Waals surface area (Å²) in [6, 6.07) is 17.5. The fraction of sp³-hybridized carbons (Fsp3) is 0.333. The van der Waals surface area contributed by atoms with E-state index in [0.717, 1.165) is 37.2 Å². The van der Waals surface area contributed by atoms with Gasteiger partial charge in [-0.05, 0) is 47.9 Å². The number of likely N-dealkylation sites (tertiary alicyclic amines) is 1. The molecule has 1 saturated heterocycles. The zero-order valence-corrected chi connectivity index (χ0v) is 16.7. The molecular formula is C24H24N2OS. The summed E-state index contributed by atoms with van der Waals surface area (Å²) < 4.78 is 0. The first-order valence-electron chi connectivity index (χ1n) is 10.2. The molecule has 5 rings (SSSR count). The fourth-order valence-electron chi connectivity index (χ4n) is 4.87. The van der Waals surface area contributed by atoms with E-state index in [4.69, 9.17) is 0 Å². The van der Waals surface area contributed by atoms with Crippen molar-refractivity contribution in [2.75, 3.05) is 6.54 Å². The fourth-order valence-corrected chi connectivity index (χ4v) is 5.66. The van der Waals surface area contributed by atoms with Crippen LogP contribution in [0.1, 0.15) is 58.5 Å². The summed E-state index contributed by atoms with van der Waals surface area (Å²) >= 11 is 1.66. The van der Waals surface area contributed by atoms with Crippen molar-refractivity contribution in [1.82, 2.24) is 9.88 Å². The summed E-state index contributed by atoms with van der Waals surface area (Å²) in [7, 11) is 0. The van der Waals surface area contributed by atoms with Gasteiger partial charge in [-0.25, -0.2) is 4.98 Å². The molecule has 0 spiro atoms. The van der Waals surface area contributed by atoms with E-state index < -0.39 is 0 Å². The average Bonchev–Trinajstić information content (AvgIpc) is 3.40. The van der Waals surface area contributed by atoms with Crippen LogP contribution in [0.2, 0.25) is 0 Å². The van der Waals surface area contributed by atoms with Crippen molar-refractivity contribution in [3.05, 3.63) is 87.4 Å². The maximum atomic E-state index is 13.5. The molecule has 0 N–H and O–H groups in total. The highest BCUT2D eigenvalue weighted by molar-refractivity contribution is 7.09. The first-order valence-corrected chi connectivity index (χ1v) is 11.0. The van der Waals surface area contributed by atoms with Crippen LogP contribution in [0, 0.1) is 0 Å². The second kappa shape index (κ2) is 7.51. The van der Waals surface area contributed by atoms with Crippen molar-refractivity contribution in [3.8, 4) is 0 Å². The Kier molecular flexibility index (Phi) is 4.73. The zero-order chi connectivity index (χ0) is 18.9. The van der Waals surface area contributed by atoms with Gasteiger partial charge in [-0.3, -0.25) is 4.79 Å². The lowest BCUT2D eigenvalue weighted by Crippen LogP contribution is -2.31. The molecule has 28 heavy (non-hydrogen) atoms. The van der Waals surface area contributed by atoms with Crippen molar-refractivity contribution < 1.29 is 4.79 Å². The lowest BCUT2D eigenvalue weighted by molar-refractivity contribution is -0.132. The van der Waals surface area contributed by atoms with Crippen LogP contribution in [0.15, 0.2) is 60.1 Å². The normalized spacial score (nSPS) is 19.1. The van der Waals surface area contributed by atoms with E-state index in [1.54, 1.807) is 11.3 Å². The molecular weight excluding hydrogens is 364 g/mol. The molecule has 142 valence electrons. The van der Waals surface area contributed by atoms with Crippen LogP contribution >= 0.6 is 11.3 Å². The third-order valence-electron chi connectivity index (χ3n) is 6.21. The quantitative estimate of drug-likeness (QED) is 0.623. The van der Waals surface area contributed by atoms with Gasteiger partial charge in [0.25, 0.3) is 0 Å². The summed E-state index contributed by atoms with van der Waals surface area (Å²) in [5, 5.41) is 3.08. The molecule has 1 fully saturated rings. The lowest BCUT2D eigenvalue weighted by atomic mass is 9.85. The van der Waals surface area contributed by atoms with Gasteiger partial charge in [-0.2, -0.15) is 0 Å². The van der Waals surface area contributed by atoms with Gasteiger partial charge in [-0.15, -0.1) is 11.3 Å². The summed E-state index contributed by atoms with van der Waals surface area (Å²) in [6.45, 7) is 0.846. The van der Waals surface area contributed by atoms with Gasteiger partial charge in [0.1, 0.15) is 5.01 Å². The molecule has 0 radical (unpaired) electrons. The summed E-state index contributed by atoms with van der Waals surface area (Å²) in [6.07, 6.45) is 6.56. The van der Waals surface area contributed by atoms with Crippen LogP contribution in [0.4, 0.5) is 0 Å². The largest absolute Gasteiger partial charge is 0.333 e. The lowest BCUT2D eigenvalue weighted by Gasteiger charge is -2.27. The van der Waals surface area contributed by atoms with Gasteiger partial charge in [0.15, 0.2) is 0 Å². The van der Waals surface area contributed by atoms with Gasteiger partial charge >= 0.3 is 0 Å². The van der Waals surface area contributed by atoms with E-state index in [-0.39, 0.29) is 17.9 Å². The third-order valence-corrected chi connectivity index (χ3v) is 7.09. The van der Waals surface area contributed by atoms with E-state index in [1.165, 1.54) is 22.3 Å². The third kappa shape index (κ3) is 3.16. The second-order valence-corrected chi connectivity index (χ2v) is 8.70. The number of hydrogen-bond acceptors (Lipinski definition) is 3. The van der Waals surface area contributed by atoms with Crippen LogP contribution in [0.3, 0.4) is 0 Å². The second-order valence-electron chi connectivity index (χ2n) is 7.77. The predicted octanol–water partition coefficient (Wildman–Crippen LogP) is 5.13. The molecule has 1 atom stereocenters. The molecule has 1 aromatic heterocycles. The number of benzene rings is 2. The number of rotatable bonds is 3. The topological polar surface area (TPSA) is 33.2 Å². The van der Waals surface area contributed by atoms with Crippen molar-refractivity contribution in [2.24, 2.45) is 0 Å². The van der Waals surface area contributed by atoms with Crippen LogP contribution in [0.25, 0.3) is 0 Å². The maximum Gasteiger partial charge on any atom is 0.224 e. The molecule has 2 aromatic carbocycles. The number of nitrogens with zero attached hydrogens (tertiary/aromatic N) is 2.